The normalized spacial score (nSPS) is 13.3. The fraction of sp³-hybridized carbons (Fsp3) is 0.438. The van der Waals surface area contributed by atoms with Crippen LogP contribution < -0.4 is 25.4 Å². The summed E-state index contributed by atoms with van der Waals surface area (Å²) in [4.78, 5) is 34.1. The Balaban J connectivity index is 0.000000278. The fourth-order valence-corrected chi connectivity index (χ4v) is 12.4. The maximum absolute atomic E-state index is 13.8. The third-order valence-electron chi connectivity index (χ3n) is 12.8. The minimum absolute atomic E-state index is 0. The van der Waals surface area contributed by atoms with E-state index in [0.717, 1.165) is 50.2 Å². The number of fused-ring (bicyclic) bond motifs is 2. The van der Waals surface area contributed by atoms with Gasteiger partial charge < -0.3 is 53.9 Å². The number of nitrogens with zero attached hydrogens (tertiary/aromatic N) is 3. The molecule has 5 N–H and O–H groups in total. The van der Waals surface area contributed by atoms with Crippen LogP contribution in [0.5, 0.6) is 11.5 Å². The largest absolute Gasteiger partial charge is 0.487 e. The number of halogens is 1. The van der Waals surface area contributed by atoms with Crippen molar-refractivity contribution in [2.45, 2.75) is 154 Å². The molecule has 90 heavy (non-hydrogen) atoms. The van der Waals surface area contributed by atoms with Gasteiger partial charge in [-0.3, -0.25) is 0 Å². The molecule has 4 atom stereocenters. The van der Waals surface area contributed by atoms with Crippen molar-refractivity contribution in [3.63, 3.8) is 0 Å². The molecule has 4 heterocycles. The number of thiazole rings is 2. The number of alkyl carbamates (subject to hydrolysis) is 2. The lowest BCUT2D eigenvalue weighted by atomic mass is 10.0. The standard InChI is InChI=1S/C32H41N3O7S2.C24H37N3O4S.C8H5ClO3S.B/c1-21(2)17-35(44(38,39)27-11-12-30-24(16-27)13-14-40-30)18-29(36)28(34-31(37)42-32(4,5)6)15-23-7-9-26(10-8-23)41-19-25-20-43-22(3)33-25;1-16(2)12-25-13-22(28)21(27-23(29)31-24(4,5)6)11-18-7-9-20(10-8-18)30-14-19-15-32-17(3)26-19;9-13(10,11)7-1-2-8-6(5-7)3-4-12-8;/h7-14,16,20-21,28-29,36H,15,17-19H2,1-6H3,(H,34,37);7-10,15-16,21-22,25,28H,11-14H2,1-6H3,(H,27,29);1-5H;/t28-,29+;21-,22+;;/m00../s1. The summed E-state index contributed by atoms with van der Waals surface area (Å²) in [5.41, 5.74) is 3.41. The average Bonchev–Trinajstić information content (AvgIpc) is 1.61. The number of aliphatic hydroxyl groups excluding tert-OH is 2. The van der Waals surface area contributed by atoms with Crippen LogP contribution in [0.3, 0.4) is 0 Å². The highest BCUT2D eigenvalue weighted by Crippen LogP contribution is 2.27. The number of carbonyl (C=O) groups is 2. The van der Waals surface area contributed by atoms with Crippen LogP contribution in [0.1, 0.15) is 102 Å². The molecular weight excluding hydrogens is 1250 g/mol. The molecule has 0 saturated carbocycles. The van der Waals surface area contributed by atoms with E-state index >= 15 is 0 Å². The first kappa shape index (κ1) is 74.2. The van der Waals surface area contributed by atoms with Crippen LogP contribution in [-0.2, 0) is 54.6 Å². The van der Waals surface area contributed by atoms with Gasteiger partial charge in [0.2, 0.25) is 10.0 Å². The number of rotatable bonds is 25. The highest BCUT2D eigenvalue weighted by molar-refractivity contribution is 8.13. The van der Waals surface area contributed by atoms with Crippen molar-refractivity contribution in [1.82, 2.24) is 30.2 Å². The van der Waals surface area contributed by atoms with Crippen molar-refractivity contribution in [3.05, 3.63) is 153 Å². The van der Waals surface area contributed by atoms with Gasteiger partial charge in [-0.1, -0.05) is 52.0 Å². The zero-order valence-corrected chi connectivity index (χ0v) is 56.9. The summed E-state index contributed by atoms with van der Waals surface area (Å²) in [5, 5.41) is 38.4. The quantitative estimate of drug-likeness (QED) is 0.0263. The molecule has 0 aliphatic rings. The van der Waals surface area contributed by atoms with Crippen LogP contribution >= 0.6 is 33.4 Å². The van der Waals surface area contributed by atoms with Gasteiger partial charge in [0.25, 0.3) is 9.05 Å². The van der Waals surface area contributed by atoms with E-state index in [1.54, 1.807) is 73.8 Å². The highest BCUT2D eigenvalue weighted by Gasteiger charge is 2.33. The van der Waals surface area contributed by atoms with Crippen molar-refractivity contribution in [3.8, 4) is 11.5 Å². The molecule has 0 bridgehead atoms. The van der Waals surface area contributed by atoms with E-state index in [-0.39, 0.29) is 43.6 Å². The number of sulfonamides is 1. The van der Waals surface area contributed by atoms with Crippen LogP contribution in [-0.4, -0.2) is 124 Å². The molecule has 4 aromatic carbocycles. The Hall–Kier alpha value is -6.55. The zero-order valence-electron chi connectivity index (χ0n) is 52.9. The molecule has 8 aromatic rings. The summed E-state index contributed by atoms with van der Waals surface area (Å²) < 4.78 is 83.7. The van der Waals surface area contributed by atoms with Gasteiger partial charge >= 0.3 is 12.2 Å². The van der Waals surface area contributed by atoms with E-state index in [9.17, 15) is 36.6 Å². The Morgan fingerprint density at radius 2 is 1.04 bits per heavy atom. The predicted octanol–water partition coefficient (Wildman–Crippen LogP) is 12.0. The first-order valence-electron chi connectivity index (χ1n) is 29.0. The van der Waals surface area contributed by atoms with Gasteiger partial charge in [0.1, 0.15) is 47.1 Å². The SMILES string of the molecule is Cc1nc(COc2ccc(C[C@H](NC(=O)OC(C)(C)C)[C@H](O)CN(CC(C)C)S(=O)(=O)c3ccc4occc4c3)cc2)cs1.Cc1nc(COc2ccc(C[C@H](NC(=O)OC(C)(C)C)[C@H](O)CNCC(C)C)cc2)cs1.O=S(=O)(Cl)c1ccc2occc2c1.[B]. The number of amides is 2. The molecule has 8 rings (SSSR count). The van der Waals surface area contributed by atoms with Gasteiger partial charge in [-0.25, -0.2) is 36.4 Å². The van der Waals surface area contributed by atoms with E-state index in [2.05, 4.69) is 39.8 Å². The predicted molar refractivity (Wildman–Crippen MR) is 354 cm³/mol. The van der Waals surface area contributed by atoms with E-state index < -0.39 is 66.8 Å². The van der Waals surface area contributed by atoms with Crippen LogP contribution in [0.25, 0.3) is 21.9 Å². The lowest BCUT2D eigenvalue weighted by Crippen LogP contribution is -2.51. The summed E-state index contributed by atoms with van der Waals surface area (Å²) in [5.74, 6) is 1.85. The number of aryl methyl sites for hydroxylation is 2. The highest BCUT2D eigenvalue weighted by atomic mass is 35.7. The lowest BCUT2D eigenvalue weighted by Gasteiger charge is -2.31. The molecule has 2 amide bonds. The van der Waals surface area contributed by atoms with E-state index in [4.69, 9.17) is 38.5 Å². The Morgan fingerprint density at radius 3 is 1.44 bits per heavy atom. The number of furan rings is 2. The van der Waals surface area contributed by atoms with Crippen molar-refractivity contribution >= 4 is 95.0 Å². The number of hydrogen-bond acceptors (Lipinski definition) is 19. The molecule has 0 unspecified atom stereocenters. The van der Waals surface area contributed by atoms with Crippen LogP contribution in [0.4, 0.5) is 9.59 Å². The minimum Gasteiger partial charge on any atom is -0.487 e. The number of aromatic nitrogens is 2. The molecule has 487 valence electrons. The molecule has 0 spiro atoms. The van der Waals surface area contributed by atoms with Gasteiger partial charge in [0, 0.05) is 60.3 Å². The summed E-state index contributed by atoms with van der Waals surface area (Å²) >= 11 is 3.16. The van der Waals surface area contributed by atoms with Crippen LogP contribution in [0.2, 0.25) is 0 Å². The summed E-state index contributed by atoms with van der Waals surface area (Å²) in [7, 11) is -2.46. The first-order valence-corrected chi connectivity index (χ1v) is 34.5. The third kappa shape index (κ3) is 24.9. The number of benzene rings is 4. The fourth-order valence-electron chi connectivity index (χ4n) is 8.73. The van der Waals surface area contributed by atoms with Crippen molar-refractivity contribution in [2.75, 3.05) is 26.2 Å². The van der Waals surface area contributed by atoms with Gasteiger partial charge in [0.15, 0.2) is 0 Å². The Bertz CT molecular complexity index is 3750. The molecular formula is C64H83BClN6O14S4. The van der Waals surface area contributed by atoms with E-state index in [1.807, 2.05) is 108 Å². The van der Waals surface area contributed by atoms with Gasteiger partial charge in [-0.15, -0.1) is 22.7 Å². The molecule has 0 aliphatic carbocycles. The lowest BCUT2D eigenvalue weighted by molar-refractivity contribution is 0.0397. The first-order chi connectivity index (χ1) is 41.8. The van der Waals surface area contributed by atoms with Crippen LogP contribution in [0, 0.1) is 25.7 Å². The molecule has 26 heteroatoms. The monoisotopic (exact) mass is 1330 g/mol. The Labute approximate surface area is 543 Å². The van der Waals surface area contributed by atoms with Crippen molar-refractivity contribution in [1.29, 1.82) is 0 Å². The molecule has 20 nitrogen and oxygen atoms in total. The van der Waals surface area contributed by atoms with Gasteiger partial charge in [-0.05, 0) is 171 Å². The second-order valence-electron chi connectivity index (χ2n) is 24.1. The van der Waals surface area contributed by atoms with E-state index in [1.165, 1.54) is 35.0 Å². The Morgan fingerprint density at radius 1 is 0.611 bits per heavy atom. The number of nitrogens with one attached hydrogen (secondary N) is 3. The topological polar surface area (TPSA) is 271 Å². The number of ether oxygens (including phenoxy) is 4. The van der Waals surface area contributed by atoms with Gasteiger partial charge in [0.05, 0.1) is 68.0 Å². The summed E-state index contributed by atoms with van der Waals surface area (Å²) in [6.07, 6.45) is 0.437. The molecule has 0 saturated heterocycles. The third-order valence-corrected chi connectivity index (χ3v) is 17.7. The smallest absolute Gasteiger partial charge is 0.407 e. The second kappa shape index (κ2) is 33.7. The maximum atomic E-state index is 13.8. The van der Waals surface area contributed by atoms with Crippen LogP contribution in [0.15, 0.2) is 139 Å². The zero-order chi connectivity index (χ0) is 65.3. The molecule has 3 radical (unpaired) electrons. The summed E-state index contributed by atoms with van der Waals surface area (Å²) in [6, 6.07) is 26.2. The van der Waals surface area contributed by atoms with Crippen molar-refractivity contribution in [2.24, 2.45) is 11.8 Å². The molecule has 0 aliphatic heterocycles. The number of aliphatic hydroxyl groups is 2. The van der Waals surface area contributed by atoms with E-state index in [0.29, 0.717) is 54.4 Å². The Kier molecular flexibility index (Phi) is 27.8. The summed E-state index contributed by atoms with van der Waals surface area (Å²) in [6.45, 7) is 24.5. The average molecular weight is 1330 g/mol. The number of carbonyl (C=O) groups excluding carboxylic acids is 2. The number of hydrogen-bond donors (Lipinski definition) is 5. The molecule has 4 aromatic heterocycles. The molecule has 0 fully saturated rings. The van der Waals surface area contributed by atoms with Gasteiger partial charge in [-0.2, -0.15) is 4.31 Å². The maximum Gasteiger partial charge on any atom is 0.407 e. The minimum atomic E-state index is -3.99. The van der Waals surface area contributed by atoms with Crippen molar-refractivity contribution < 1.29 is 64.4 Å². The second-order valence-corrected chi connectivity index (χ2v) is 30.7.